The molecule has 1 N–H and O–H groups in total. The van der Waals surface area contributed by atoms with Gasteiger partial charge >= 0.3 is 0 Å². The normalized spacial score (nSPS) is 11.0. The minimum absolute atomic E-state index is 0.119. The average molecular weight is 385 g/mol. The van der Waals surface area contributed by atoms with E-state index < -0.39 is 0 Å². The highest BCUT2D eigenvalue weighted by Gasteiger charge is 2.16. The van der Waals surface area contributed by atoms with E-state index in [0.717, 1.165) is 28.0 Å². The Morgan fingerprint density at radius 2 is 1.93 bits per heavy atom. The SMILES string of the molecule is Cc1ccc(Cn2ncc3c(C(=O)NCCc4ccccn4)cc(C)nc32)cc1. The second-order valence-electron chi connectivity index (χ2n) is 7.16. The Balaban J connectivity index is 1.54. The van der Waals surface area contributed by atoms with Crippen LogP contribution in [0.2, 0.25) is 0 Å². The summed E-state index contributed by atoms with van der Waals surface area (Å²) in [5, 5.41) is 8.24. The molecular formula is C23H23N5O. The Labute approximate surface area is 169 Å². The molecule has 0 aliphatic carbocycles. The molecule has 29 heavy (non-hydrogen) atoms. The number of fused-ring (bicyclic) bond motifs is 1. The molecule has 0 aliphatic heterocycles. The molecule has 6 heteroatoms. The number of nitrogens with zero attached hydrogens (tertiary/aromatic N) is 4. The molecule has 0 atom stereocenters. The van der Waals surface area contributed by atoms with E-state index in [-0.39, 0.29) is 5.91 Å². The second-order valence-corrected chi connectivity index (χ2v) is 7.16. The maximum absolute atomic E-state index is 12.8. The van der Waals surface area contributed by atoms with Gasteiger partial charge in [-0.2, -0.15) is 5.10 Å². The molecule has 1 amide bonds. The topological polar surface area (TPSA) is 72.7 Å². The lowest BCUT2D eigenvalue weighted by molar-refractivity contribution is 0.0955. The lowest BCUT2D eigenvalue weighted by Crippen LogP contribution is -2.26. The number of hydrogen-bond acceptors (Lipinski definition) is 4. The summed E-state index contributed by atoms with van der Waals surface area (Å²) in [7, 11) is 0. The van der Waals surface area contributed by atoms with E-state index >= 15 is 0 Å². The fourth-order valence-corrected chi connectivity index (χ4v) is 3.29. The van der Waals surface area contributed by atoms with Gasteiger partial charge in [0.05, 0.1) is 23.7 Å². The average Bonchev–Trinajstić information content (AvgIpc) is 3.12. The molecule has 4 rings (SSSR count). The summed E-state index contributed by atoms with van der Waals surface area (Å²) < 4.78 is 1.84. The van der Waals surface area contributed by atoms with E-state index in [1.165, 1.54) is 5.56 Å². The third-order valence-corrected chi connectivity index (χ3v) is 4.83. The standard InChI is InChI=1S/C23H23N5O/c1-16-6-8-18(9-7-16)15-28-22-21(14-26-28)20(13-17(2)27-22)23(29)25-12-10-19-5-3-4-11-24-19/h3-9,11,13-14H,10,12,15H2,1-2H3,(H,25,29). The third-order valence-electron chi connectivity index (χ3n) is 4.83. The molecule has 0 unspecified atom stereocenters. The van der Waals surface area contributed by atoms with Crippen molar-refractivity contribution in [2.75, 3.05) is 6.54 Å². The van der Waals surface area contributed by atoms with Gasteiger partial charge in [0.1, 0.15) is 0 Å². The summed E-state index contributed by atoms with van der Waals surface area (Å²) in [6.07, 6.45) is 4.17. The number of hydrogen-bond donors (Lipinski definition) is 1. The number of pyridine rings is 2. The number of nitrogens with one attached hydrogen (secondary N) is 1. The van der Waals surface area contributed by atoms with Crippen LogP contribution >= 0.6 is 0 Å². The summed E-state index contributed by atoms with van der Waals surface area (Å²) in [6.45, 7) is 5.10. The molecule has 0 saturated heterocycles. The molecule has 0 fully saturated rings. The Bertz CT molecular complexity index is 1130. The second kappa shape index (κ2) is 8.22. The lowest BCUT2D eigenvalue weighted by Gasteiger charge is -2.08. The highest BCUT2D eigenvalue weighted by atomic mass is 16.1. The number of benzene rings is 1. The Morgan fingerprint density at radius 1 is 1.10 bits per heavy atom. The Hall–Kier alpha value is -3.54. The van der Waals surface area contributed by atoms with E-state index in [2.05, 4.69) is 51.6 Å². The van der Waals surface area contributed by atoms with Gasteiger partial charge in [-0.25, -0.2) is 9.67 Å². The summed E-state index contributed by atoms with van der Waals surface area (Å²) in [5.74, 6) is -0.119. The molecule has 0 radical (unpaired) electrons. The number of amides is 1. The summed E-state index contributed by atoms with van der Waals surface area (Å²) >= 11 is 0. The Kier molecular flexibility index (Phi) is 5.33. The van der Waals surface area contributed by atoms with Crippen LogP contribution < -0.4 is 5.32 Å². The molecule has 3 aromatic heterocycles. The number of carbonyl (C=O) groups is 1. The largest absolute Gasteiger partial charge is 0.352 e. The van der Waals surface area contributed by atoms with Crippen LogP contribution in [0.25, 0.3) is 11.0 Å². The van der Waals surface area contributed by atoms with Crippen molar-refractivity contribution in [2.45, 2.75) is 26.8 Å². The van der Waals surface area contributed by atoms with Gasteiger partial charge in [0, 0.05) is 30.6 Å². The smallest absolute Gasteiger partial charge is 0.252 e. The van der Waals surface area contributed by atoms with Gasteiger partial charge in [-0.05, 0) is 37.6 Å². The first-order valence-electron chi connectivity index (χ1n) is 9.67. The molecule has 4 aromatic rings. The van der Waals surface area contributed by atoms with Crippen LogP contribution in [0.3, 0.4) is 0 Å². The zero-order valence-corrected chi connectivity index (χ0v) is 16.6. The molecule has 0 bridgehead atoms. The zero-order chi connectivity index (χ0) is 20.2. The molecule has 0 spiro atoms. The number of aromatic nitrogens is 4. The summed E-state index contributed by atoms with van der Waals surface area (Å²) in [5.41, 5.74) is 5.43. The van der Waals surface area contributed by atoms with Crippen molar-refractivity contribution >= 4 is 16.9 Å². The van der Waals surface area contributed by atoms with Crippen molar-refractivity contribution < 1.29 is 4.79 Å². The highest BCUT2D eigenvalue weighted by molar-refractivity contribution is 6.05. The van der Waals surface area contributed by atoms with Crippen molar-refractivity contribution in [1.82, 2.24) is 25.1 Å². The zero-order valence-electron chi connectivity index (χ0n) is 16.6. The van der Waals surface area contributed by atoms with Crippen molar-refractivity contribution in [1.29, 1.82) is 0 Å². The molecule has 146 valence electrons. The van der Waals surface area contributed by atoms with Gasteiger partial charge in [0.15, 0.2) is 5.65 Å². The first-order valence-corrected chi connectivity index (χ1v) is 9.67. The molecule has 6 nitrogen and oxygen atoms in total. The number of aryl methyl sites for hydroxylation is 2. The lowest BCUT2D eigenvalue weighted by atomic mass is 10.1. The summed E-state index contributed by atoms with van der Waals surface area (Å²) in [4.78, 5) is 21.7. The first-order chi connectivity index (χ1) is 14.1. The van der Waals surface area contributed by atoms with E-state index in [4.69, 9.17) is 0 Å². The minimum atomic E-state index is -0.119. The molecule has 0 aliphatic rings. The van der Waals surface area contributed by atoms with Crippen molar-refractivity contribution in [2.24, 2.45) is 0 Å². The van der Waals surface area contributed by atoms with Gasteiger partial charge in [0.25, 0.3) is 5.91 Å². The van der Waals surface area contributed by atoms with Gasteiger partial charge in [0.2, 0.25) is 0 Å². The Morgan fingerprint density at radius 3 is 2.69 bits per heavy atom. The molecular weight excluding hydrogens is 362 g/mol. The van der Waals surface area contributed by atoms with Gasteiger partial charge in [-0.3, -0.25) is 9.78 Å². The third kappa shape index (κ3) is 4.32. The van der Waals surface area contributed by atoms with E-state index in [0.29, 0.717) is 25.1 Å². The van der Waals surface area contributed by atoms with Crippen LogP contribution in [-0.4, -0.2) is 32.2 Å². The van der Waals surface area contributed by atoms with Crippen LogP contribution in [0.5, 0.6) is 0 Å². The van der Waals surface area contributed by atoms with E-state index in [1.54, 1.807) is 12.4 Å². The first kappa shape index (κ1) is 18.8. The van der Waals surface area contributed by atoms with Crippen LogP contribution in [0.1, 0.15) is 32.9 Å². The predicted molar refractivity (Wildman–Crippen MR) is 113 cm³/mol. The fourth-order valence-electron chi connectivity index (χ4n) is 3.29. The van der Waals surface area contributed by atoms with Crippen LogP contribution in [0.15, 0.2) is 60.9 Å². The number of carbonyl (C=O) groups excluding carboxylic acids is 1. The maximum Gasteiger partial charge on any atom is 0.252 e. The maximum atomic E-state index is 12.8. The van der Waals surface area contributed by atoms with Gasteiger partial charge in [-0.1, -0.05) is 35.9 Å². The van der Waals surface area contributed by atoms with Crippen molar-refractivity contribution in [3.05, 3.63) is 89.0 Å². The van der Waals surface area contributed by atoms with Crippen LogP contribution in [0, 0.1) is 13.8 Å². The molecule has 3 heterocycles. The predicted octanol–water partition coefficient (Wildman–Crippen LogP) is 3.46. The number of rotatable bonds is 6. The van der Waals surface area contributed by atoms with Crippen LogP contribution in [0.4, 0.5) is 0 Å². The van der Waals surface area contributed by atoms with E-state index in [9.17, 15) is 4.79 Å². The molecule has 1 aromatic carbocycles. The minimum Gasteiger partial charge on any atom is -0.352 e. The van der Waals surface area contributed by atoms with Gasteiger partial charge < -0.3 is 5.32 Å². The van der Waals surface area contributed by atoms with Crippen molar-refractivity contribution in [3.63, 3.8) is 0 Å². The monoisotopic (exact) mass is 385 g/mol. The van der Waals surface area contributed by atoms with Crippen molar-refractivity contribution in [3.8, 4) is 0 Å². The highest BCUT2D eigenvalue weighted by Crippen LogP contribution is 2.19. The summed E-state index contributed by atoms with van der Waals surface area (Å²) in [6, 6.07) is 15.9. The van der Waals surface area contributed by atoms with Crippen LogP contribution in [-0.2, 0) is 13.0 Å². The molecule has 0 saturated carbocycles. The fraction of sp³-hybridized carbons (Fsp3) is 0.217. The van der Waals surface area contributed by atoms with E-state index in [1.807, 2.05) is 35.9 Å². The van der Waals surface area contributed by atoms with Gasteiger partial charge in [-0.15, -0.1) is 0 Å². The quantitative estimate of drug-likeness (QED) is 0.552.